The Morgan fingerprint density at radius 2 is 1.93 bits per heavy atom. The molecule has 2 atom stereocenters. The Balaban J connectivity index is 1.44. The first kappa shape index (κ1) is 30.1. The average Bonchev–Trinajstić information content (AvgIpc) is 3.48. The van der Waals surface area contributed by atoms with Gasteiger partial charge in [0.05, 0.1) is 23.6 Å². The lowest BCUT2D eigenvalue weighted by atomic mass is 9.83. The molecule has 228 valence electrons. The summed E-state index contributed by atoms with van der Waals surface area (Å²) in [6.07, 6.45) is -0.911. The van der Waals surface area contributed by atoms with Crippen LogP contribution in [0.4, 0.5) is 18.9 Å². The van der Waals surface area contributed by atoms with E-state index in [0.29, 0.717) is 61.8 Å². The molecule has 0 spiro atoms. The van der Waals surface area contributed by atoms with Crippen molar-refractivity contribution >= 4 is 17.5 Å². The van der Waals surface area contributed by atoms with Crippen molar-refractivity contribution in [3.8, 4) is 17.1 Å². The molecule has 2 amide bonds. The summed E-state index contributed by atoms with van der Waals surface area (Å²) >= 11 is 0. The number of pyridine rings is 2. The van der Waals surface area contributed by atoms with E-state index in [4.69, 9.17) is 9.72 Å². The first-order chi connectivity index (χ1) is 20.2. The summed E-state index contributed by atoms with van der Waals surface area (Å²) in [5.74, 6) is -0.739. The fourth-order valence-electron chi connectivity index (χ4n) is 6.27. The van der Waals surface area contributed by atoms with Gasteiger partial charge < -0.3 is 25.2 Å². The maximum absolute atomic E-state index is 14.2. The normalized spacial score (nSPS) is 22.0. The van der Waals surface area contributed by atoms with Gasteiger partial charge in [0, 0.05) is 44.5 Å². The second-order valence-corrected chi connectivity index (χ2v) is 11.3. The van der Waals surface area contributed by atoms with Gasteiger partial charge in [-0.05, 0) is 63.4 Å². The highest BCUT2D eigenvalue weighted by Gasteiger charge is 2.62. The quantitative estimate of drug-likeness (QED) is 0.454. The molecule has 1 aliphatic carbocycles. The van der Waals surface area contributed by atoms with Gasteiger partial charge in [-0.3, -0.25) is 9.59 Å². The van der Waals surface area contributed by atoms with Crippen LogP contribution < -0.4 is 20.3 Å². The summed E-state index contributed by atoms with van der Waals surface area (Å²) in [5.41, 5.74) is -0.308. The highest BCUT2D eigenvalue weighted by Crippen LogP contribution is 2.52. The second kappa shape index (κ2) is 12.4. The number of rotatable bonds is 9. The monoisotopic (exact) mass is 588 g/mol. The van der Waals surface area contributed by atoms with E-state index in [9.17, 15) is 22.8 Å². The van der Waals surface area contributed by atoms with Crippen LogP contribution in [0.3, 0.4) is 0 Å². The lowest BCUT2D eigenvalue weighted by Crippen LogP contribution is -2.60. The van der Waals surface area contributed by atoms with E-state index in [1.165, 1.54) is 4.90 Å². The Hall–Kier alpha value is -3.41. The molecule has 2 aromatic heterocycles. The van der Waals surface area contributed by atoms with E-state index in [0.717, 1.165) is 13.0 Å². The lowest BCUT2D eigenvalue weighted by Gasteiger charge is -2.45. The van der Waals surface area contributed by atoms with Crippen molar-refractivity contribution in [1.82, 2.24) is 25.5 Å². The first-order valence-electron chi connectivity index (χ1n) is 14.9. The van der Waals surface area contributed by atoms with Gasteiger partial charge in [-0.2, -0.15) is 13.2 Å². The molecule has 4 heterocycles. The van der Waals surface area contributed by atoms with Crippen molar-refractivity contribution in [2.45, 2.75) is 70.6 Å². The SMILES string of the molecule is CCOc1ncccc1-c1ccc(N2CCN(C(=O)C3(C(F)(F)F)CCCC3)C[C@H]2CC)c(C(=O)NC[C@H]2CCN2)n1. The average molecular weight is 589 g/mol. The van der Waals surface area contributed by atoms with Gasteiger partial charge in [-0.15, -0.1) is 0 Å². The highest BCUT2D eigenvalue weighted by molar-refractivity contribution is 5.98. The predicted molar refractivity (Wildman–Crippen MR) is 152 cm³/mol. The molecule has 3 aliphatic rings. The minimum Gasteiger partial charge on any atom is -0.477 e. The Morgan fingerprint density at radius 3 is 2.57 bits per heavy atom. The number of carbonyl (C=O) groups is 2. The number of anilines is 1. The number of piperazine rings is 1. The molecule has 0 unspecified atom stereocenters. The van der Waals surface area contributed by atoms with E-state index in [1.807, 2.05) is 30.9 Å². The Bertz CT molecular complexity index is 1280. The zero-order valence-corrected chi connectivity index (χ0v) is 24.2. The van der Waals surface area contributed by atoms with Crippen molar-refractivity contribution in [1.29, 1.82) is 0 Å². The van der Waals surface area contributed by atoms with E-state index >= 15 is 0 Å². The molecule has 12 heteroatoms. The van der Waals surface area contributed by atoms with E-state index < -0.39 is 17.5 Å². The molecule has 2 N–H and O–H groups in total. The summed E-state index contributed by atoms with van der Waals surface area (Å²) in [6, 6.07) is 7.17. The van der Waals surface area contributed by atoms with E-state index in [-0.39, 0.29) is 49.6 Å². The molecule has 0 bridgehead atoms. The number of hydrogen-bond acceptors (Lipinski definition) is 7. The van der Waals surface area contributed by atoms with Gasteiger partial charge in [-0.1, -0.05) is 19.8 Å². The number of amides is 2. The van der Waals surface area contributed by atoms with Crippen molar-refractivity contribution in [3.63, 3.8) is 0 Å². The number of aromatic nitrogens is 2. The molecule has 2 aliphatic heterocycles. The van der Waals surface area contributed by atoms with Crippen molar-refractivity contribution < 1.29 is 27.5 Å². The number of nitrogens with zero attached hydrogens (tertiary/aromatic N) is 4. The minimum atomic E-state index is -4.58. The molecule has 5 rings (SSSR count). The largest absolute Gasteiger partial charge is 0.477 e. The summed E-state index contributed by atoms with van der Waals surface area (Å²) < 4.78 is 48.2. The first-order valence-corrected chi connectivity index (χ1v) is 14.9. The molecule has 2 saturated heterocycles. The standard InChI is InChI=1S/C30H39F3N6O3/c1-3-21-19-38(28(41)29(30(31,32)33)12-5-6-13-29)16-17-39(21)24-10-9-23(22-8-7-14-35-27(22)42-4-2)37-25(24)26(40)36-18-20-11-15-34-20/h7-10,14,20-21,34H,3-6,11-13,15-19H2,1-2H3,(H,36,40)/t20-,21-/m1/s1. The number of carbonyl (C=O) groups excluding carboxylic acids is 2. The Morgan fingerprint density at radius 1 is 1.17 bits per heavy atom. The van der Waals surface area contributed by atoms with E-state index in [1.54, 1.807) is 18.3 Å². The molecule has 1 saturated carbocycles. The number of alkyl halides is 3. The molecule has 3 fully saturated rings. The van der Waals surface area contributed by atoms with Crippen LogP contribution in [-0.4, -0.2) is 84.3 Å². The van der Waals surface area contributed by atoms with Gasteiger partial charge in [0.25, 0.3) is 5.91 Å². The maximum Gasteiger partial charge on any atom is 0.403 e. The zero-order chi connectivity index (χ0) is 29.9. The van der Waals surface area contributed by atoms with Crippen LogP contribution >= 0.6 is 0 Å². The van der Waals surface area contributed by atoms with Gasteiger partial charge >= 0.3 is 6.18 Å². The van der Waals surface area contributed by atoms with Crippen LogP contribution in [0.5, 0.6) is 5.88 Å². The van der Waals surface area contributed by atoms with Crippen LogP contribution in [-0.2, 0) is 4.79 Å². The third kappa shape index (κ3) is 5.77. The highest BCUT2D eigenvalue weighted by atomic mass is 19.4. The van der Waals surface area contributed by atoms with Gasteiger partial charge in [0.2, 0.25) is 11.8 Å². The minimum absolute atomic E-state index is 0.138. The van der Waals surface area contributed by atoms with Gasteiger partial charge in [0.15, 0.2) is 5.69 Å². The summed E-state index contributed by atoms with van der Waals surface area (Å²) in [5, 5.41) is 6.26. The van der Waals surface area contributed by atoms with Crippen LogP contribution in [0.15, 0.2) is 30.5 Å². The molecule has 9 nitrogen and oxygen atoms in total. The summed E-state index contributed by atoms with van der Waals surface area (Å²) in [4.78, 5) is 39.5. The van der Waals surface area contributed by atoms with Gasteiger partial charge in [-0.25, -0.2) is 9.97 Å². The van der Waals surface area contributed by atoms with Crippen molar-refractivity contribution in [2.24, 2.45) is 5.41 Å². The van der Waals surface area contributed by atoms with Crippen LogP contribution in [0.2, 0.25) is 0 Å². The van der Waals surface area contributed by atoms with Crippen LogP contribution in [0.25, 0.3) is 11.3 Å². The third-order valence-corrected chi connectivity index (χ3v) is 8.81. The zero-order valence-electron chi connectivity index (χ0n) is 24.2. The second-order valence-electron chi connectivity index (χ2n) is 11.3. The Labute approximate surface area is 244 Å². The van der Waals surface area contributed by atoms with Crippen LogP contribution in [0, 0.1) is 5.41 Å². The number of nitrogens with one attached hydrogen (secondary N) is 2. The molecular weight excluding hydrogens is 549 g/mol. The number of halogens is 3. The fraction of sp³-hybridized carbons (Fsp3) is 0.600. The number of hydrogen-bond donors (Lipinski definition) is 2. The van der Waals surface area contributed by atoms with Crippen molar-refractivity contribution in [3.05, 3.63) is 36.2 Å². The smallest absolute Gasteiger partial charge is 0.403 e. The fourth-order valence-corrected chi connectivity index (χ4v) is 6.27. The topological polar surface area (TPSA) is 99.7 Å². The molecule has 2 aromatic rings. The third-order valence-electron chi connectivity index (χ3n) is 8.81. The van der Waals surface area contributed by atoms with Gasteiger partial charge in [0.1, 0.15) is 5.41 Å². The van der Waals surface area contributed by atoms with E-state index in [2.05, 4.69) is 15.6 Å². The predicted octanol–water partition coefficient (Wildman–Crippen LogP) is 4.18. The molecular formula is C30H39F3N6O3. The molecule has 42 heavy (non-hydrogen) atoms. The number of ether oxygens (including phenoxy) is 1. The Kier molecular flexibility index (Phi) is 8.91. The lowest BCUT2D eigenvalue weighted by molar-refractivity contribution is -0.226. The molecule has 0 aromatic carbocycles. The summed E-state index contributed by atoms with van der Waals surface area (Å²) in [7, 11) is 0. The molecule has 0 radical (unpaired) electrons. The van der Waals surface area contributed by atoms with Crippen molar-refractivity contribution in [2.75, 3.05) is 44.2 Å². The maximum atomic E-state index is 14.2. The van der Waals surface area contributed by atoms with Crippen LogP contribution in [0.1, 0.15) is 62.9 Å². The summed E-state index contributed by atoms with van der Waals surface area (Å²) in [6.45, 7) is 6.17.